The van der Waals surface area contributed by atoms with Gasteiger partial charge in [-0.15, -0.1) is 17.8 Å². The van der Waals surface area contributed by atoms with E-state index >= 15 is 0 Å². The molecule has 1 nitrogen and oxygen atoms in total. The average molecular weight is 189 g/mol. The van der Waals surface area contributed by atoms with E-state index in [2.05, 4.69) is 23.2 Å². The fourth-order valence-corrected chi connectivity index (χ4v) is 2.36. The molecule has 0 spiro atoms. The number of rotatable bonds is 1. The fourth-order valence-electron chi connectivity index (χ4n) is 1.72. The van der Waals surface area contributed by atoms with Gasteiger partial charge in [0.15, 0.2) is 5.01 Å². The smallest absolute Gasteiger partial charge is 0.167 e. The Labute approximate surface area is 82.5 Å². The van der Waals surface area contributed by atoms with Crippen LogP contribution in [0.15, 0.2) is 11.0 Å². The molecule has 1 aliphatic carbocycles. The van der Waals surface area contributed by atoms with Crippen LogP contribution in [0.4, 0.5) is 0 Å². The zero-order valence-electron chi connectivity index (χ0n) is 7.63. The van der Waals surface area contributed by atoms with Crippen molar-refractivity contribution in [3.63, 3.8) is 0 Å². The third kappa shape index (κ3) is 1.52. The molecule has 1 aliphatic rings. The van der Waals surface area contributed by atoms with Gasteiger partial charge in [-0.3, -0.25) is 0 Å². The standard InChI is InChI=1S/C11H11NS/c1-3-11-12-10(7-13-11)9-6-4-5-8(9)2/h1,7H,4-6H2,2H3. The lowest BCUT2D eigenvalue weighted by atomic mass is 10.1. The number of nitrogens with zero attached hydrogens (tertiary/aromatic N) is 1. The molecule has 0 radical (unpaired) electrons. The summed E-state index contributed by atoms with van der Waals surface area (Å²) in [5.74, 6) is 2.57. The number of thiazole rings is 1. The van der Waals surface area contributed by atoms with Crippen LogP contribution in [0, 0.1) is 12.3 Å². The van der Waals surface area contributed by atoms with Crippen LogP contribution in [0.1, 0.15) is 36.9 Å². The monoisotopic (exact) mass is 189 g/mol. The van der Waals surface area contributed by atoms with E-state index in [4.69, 9.17) is 6.42 Å². The molecule has 0 unspecified atom stereocenters. The quantitative estimate of drug-likeness (QED) is 0.619. The van der Waals surface area contributed by atoms with E-state index in [-0.39, 0.29) is 0 Å². The van der Waals surface area contributed by atoms with Crippen LogP contribution in [0.3, 0.4) is 0 Å². The number of terminal acetylenes is 1. The summed E-state index contributed by atoms with van der Waals surface area (Å²) in [5, 5.41) is 2.86. The second-order valence-corrected chi connectivity index (χ2v) is 4.15. The van der Waals surface area contributed by atoms with E-state index in [0.29, 0.717) is 0 Å². The maximum absolute atomic E-state index is 5.28. The summed E-state index contributed by atoms with van der Waals surface area (Å²) in [6.45, 7) is 2.19. The van der Waals surface area contributed by atoms with Crippen molar-refractivity contribution in [2.24, 2.45) is 0 Å². The Hall–Kier alpha value is -1.07. The largest absolute Gasteiger partial charge is 0.228 e. The Morgan fingerprint density at radius 1 is 1.54 bits per heavy atom. The second-order valence-electron chi connectivity index (χ2n) is 3.29. The van der Waals surface area contributed by atoms with E-state index in [1.807, 2.05) is 0 Å². The summed E-state index contributed by atoms with van der Waals surface area (Å²) in [7, 11) is 0. The molecule has 1 heterocycles. The molecule has 66 valence electrons. The van der Waals surface area contributed by atoms with Gasteiger partial charge in [0.1, 0.15) is 0 Å². The van der Waals surface area contributed by atoms with Gasteiger partial charge in [0.05, 0.1) is 5.69 Å². The molecule has 1 aromatic rings. The molecule has 0 aliphatic heterocycles. The van der Waals surface area contributed by atoms with Crippen molar-refractivity contribution in [2.45, 2.75) is 26.2 Å². The van der Waals surface area contributed by atoms with Gasteiger partial charge in [-0.25, -0.2) is 4.98 Å². The third-order valence-electron chi connectivity index (χ3n) is 2.43. The van der Waals surface area contributed by atoms with Crippen LogP contribution in [-0.2, 0) is 0 Å². The van der Waals surface area contributed by atoms with Gasteiger partial charge in [-0.05, 0) is 37.7 Å². The SMILES string of the molecule is C#Cc1nc(C2=C(C)CCC2)cs1. The van der Waals surface area contributed by atoms with Crippen LogP contribution in [0.5, 0.6) is 0 Å². The van der Waals surface area contributed by atoms with E-state index in [1.54, 1.807) is 11.3 Å². The van der Waals surface area contributed by atoms with Crippen molar-refractivity contribution in [2.75, 3.05) is 0 Å². The molecule has 0 atom stereocenters. The molecule has 0 aromatic carbocycles. The first-order valence-electron chi connectivity index (χ1n) is 4.42. The fraction of sp³-hybridized carbons (Fsp3) is 0.364. The summed E-state index contributed by atoms with van der Waals surface area (Å²) in [6, 6.07) is 0. The number of allylic oxidation sites excluding steroid dienone is 2. The lowest BCUT2D eigenvalue weighted by Crippen LogP contribution is -1.82. The summed E-state index contributed by atoms with van der Waals surface area (Å²) in [4.78, 5) is 4.39. The van der Waals surface area contributed by atoms with E-state index < -0.39 is 0 Å². The number of aromatic nitrogens is 1. The third-order valence-corrected chi connectivity index (χ3v) is 3.20. The molecule has 1 aromatic heterocycles. The van der Waals surface area contributed by atoms with Crippen molar-refractivity contribution in [1.82, 2.24) is 4.98 Å². The van der Waals surface area contributed by atoms with Gasteiger partial charge in [0, 0.05) is 5.38 Å². The maximum Gasteiger partial charge on any atom is 0.167 e. The van der Waals surface area contributed by atoms with Gasteiger partial charge in [-0.2, -0.15) is 0 Å². The molecule has 0 saturated carbocycles. The Bertz CT molecular complexity index is 392. The van der Waals surface area contributed by atoms with E-state index in [1.165, 1.54) is 30.4 Å². The van der Waals surface area contributed by atoms with Crippen molar-refractivity contribution >= 4 is 16.9 Å². The Balaban J connectivity index is 2.36. The molecule has 0 fully saturated rings. The van der Waals surface area contributed by atoms with Crippen LogP contribution >= 0.6 is 11.3 Å². The van der Waals surface area contributed by atoms with Crippen molar-refractivity contribution < 1.29 is 0 Å². The minimum atomic E-state index is 0.794. The number of hydrogen-bond donors (Lipinski definition) is 0. The lowest BCUT2D eigenvalue weighted by molar-refractivity contribution is 0.909. The molecule has 0 saturated heterocycles. The van der Waals surface area contributed by atoms with Crippen molar-refractivity contribution in [3.05, 3.63) is 21.7 Å². The highest BCUT2D eigenvalue weighted by molar-refractivity contribution is 7.10. The first-order chi connectivity index (χ1) is 6.31. The molecule has 0 amide bonds. The minimum absolute atomic E-state index is 0.794. The van der Waals surface area contributed by atoms with Crippen LogP contribution < -0.4 is 0 Å². The first kappa shape index (κ1) is 8.52. The van der Waals surface area contributed by atoms with E-state index in [9.17, 15) is 0 Å². The molecule has 13 heavy (non-hydrogen) atoms. The highest BCUT2D eigenvalue weighted by Gasteiger charge is 2.14. The van der Waals surface area contributed by atoms with Crippen LogP contribution in [0.25, 0.3) is 5.57 Å². The Kier molecular flexibility index (Phi) is 2.20. The highest BCUT2D eigenvalue weighted by atomic mass is 32.1. The van der Waals surface area contributed by atoms with Crippen molar-refractivity contribution in [1.29, 1.82) is 0 Å². The molecular weight excluding hydrogens is 178 g/mol. The first-order valence-corrected chi connectivity index (χ1v) is 5.30. The summed E-state index contributed by atoms with van der Waals surface area (Å²) < 4.78 is 0. The minimum Gasteiger partial charge on any atom is -0.228 e. The van der Waals surface area contributed by atoms with Gasteiger partial charge in [0.2, 0.25) is 0 Å². The Morgan fingerprint density at radius 3 is 2.92 bits per heavy atom. The molecule has 0 bridgehead atoms. The predicted octanol–water partition coefficient (Wildman–Crippen LogP) is 3.08. The van der Waals surface area contributed by atoms with E-state index in [0.717, 1.165) is 10.7 Å². The molecular formula is C11H11NS. The zero-order chi connectivity index (χ0) is 9.26. The Morgan fingerprint density at radius 2 is 2.38 bits per heavy atom. The predicted molar refractivity (Wildman–Crippen MR) is 56.5 cm³/mol. The zero-order valence-corrected chi connectivity index (χ0v) is 8.45. The van der Waals surface area contributed by atoms with Crippen LogP contribution in [0.2, 0.25) is 0 Å². The summed E-state index contributed by atoms with van der Waals surface area (Å²) in [5.41, 5.74) is 4.00. The van der Waals surface area contributed by atoms with Crippen molar-refractivity contribution in [3.8, 4) is 12.3 Å². The summed E-state index contributed by atoms with van der Waals surface area (Å²) in [6.07, 6.45) is 8.93. The average Bonchev–Trinajstić information content (AvgIpc) is 2.71. The van der Waals surface area contributed by atoms with Gasteiger partial charge in [-0.1, -0.05) is 5.57 Å². The van der Waals surface area contributed by atoms with Gasteiger partial charge < -0.3 is 0 Å². The van der Waals surface area contributed by atoms with Gasteiger partial charge >= 0.3 is 0 Å². The number of hydrogen-bond acceptors (Lipinski definition) is 2. The highest BCUT2D eigenvalue weighted by Crippen LogP contribution is 2.33. The molecule has 0 N–H and O–H groups in total. The van der Waals surface area contributed by atoms with Gasteiger partial charge in [0.25, 0.3) is 0 Å². The lowest BCUT2D eigenvalue weighted by Gasteiger charge is -1.97. The van der Waals surface area contributed by atoms with Crippen LogP contribution in [-0.4, -0.2) is 4.98 Å². The second kappa shape index (κ2) is 3.35. The summed E-state index contributed by atoms with van der Waals surface area (Å²) >= 11 is 1.56. The maximum atomic E-state index is 5.28. The molecule has 2 heteroatoms. The molecule has 2 rings (SSSR count). The normalized spacial score (nSPS) is 16.3. The topological polar surface area (TPSA) is 12.9 Å².